The van der Waals surface area contributed by atoms with E-state index in [0.29, 0.717) is 4.90 Å². The summed E-state index contributed by atoms with van der Waals surface area (Å²) in [6.45, 7) is 2.08. The van der Waals surface area contributed by atoms with Crippen LogP contribution in [0.4, 0.5) is 0 Å². The molecule has 4 heteroatoms. The molecular weight excluding hydrogens is 264 g/mol. The maximum Gasteiger partial charge on any atom is 0.185 e. The highest BCUT2D eigenvalue weighted by atomic mass is 32.2. The van der Waals surface area contributed by atoms with Crippen LogP contribution in [0.2, 0.25) is 0 Å². The number of benzene rings is 1. The molecule has 1 atom stereocenters. The highest BCUT2D eigenvalue weighted by molar-refractivity contribution is 8.02. The molecule has 0 heterocycles. The van der Waals surface area contributed by atoms with Crippen LogP contribution in [0.25, 0.3) is 0 Å². The van der Waals surface area contributed by atoms with Gasteiger partial charge in [0.05, 0.1) is 10.1 Å². The molecule has 1 saturated carbocycles. The van der Waals surface area contributed by atoms with Crippen molar-refractivity contribution in [2.75, 3.05) is 5.75 Å². The molecule has 1 aliphatic carbocycles. The van der Waals surface area contributed by atoms with Crippen LogP contribution < -0.4 is 0 Å². The summed E-state index contributed by atoms with van der Waals surface area (Å²) in [5.41, 5.74) is 1.09. The molecule has 0 amide bonds. The predicted octanol–water partition coefficient (Wildman–Crippen LogP) is 3.65. The molecule has 98 valence electrons. The first-order valence-electron chi connectivity index (χ1n) is 6.25. The molecule has 0 saturated heterocycles. The quantitative estimate of drug-likeness (QED) is 0.845. The zero-order valence-corrected chi connectivity index (χ0v) is 12.1. The second-order valence-corrected chi connectivity index (χ2v) is 7.66. The molecule has 0 aliphatic heterocycles. The van der Waals surface area contributed by atoms with Crippen LogP contribution in [-0.2, 0) is 9.84 Å². The van der Waals surface area contributed by atoms with E-state index in [9.17, 15) is 8.42 Å². The highest BCUT2D eigenvalue weighted by Crippen LogP contribution is 2.35. The van der Waals surface area contributed by atoms with Crippen molar-refractivity contribution in [3.05, 3.63) is 41.3 Å². The van der Waals surface area contributed by atoms with E-state index in [4.69, 9.17) is 0 Å². The van der Waals surface area contributed by atoms with Gasteiger partial charge in [0.15, 0.2) is 9.84 Å². The van der Waals surface area contributed by atoms with Gasteiger partial charge in [0, 0.05) is 0 Å². The van der Waals surface area contributed by atoms with Crippen molar-refractivity contribution in [2.45, 2.75) is 36.3 Å². The number of sulfone groups is 1. The van der Waals surface area contributed by atoms with E-state index in [-0.39, 0.29) is 5.25 Å². The molecule has 1 aromatic rings. The van der Waals surface area contributed by atoms with Crippen molar-refractivity contribution in [1.82, 2.24) is 0 Å². The van der Waals surface area contributed by atoms with E-state index in [1.807, 2.05) is 6.07 Å². The van der Waals surface area contributed by atoms with Crippen molar-refractivity contribution in [1.29, 1.82) is 0 Å². The molecule has 18 heavy (non-hydrogen) atoms. The first-order chi connectivity index (χ1) is 8.66. The standard InChI is InChI=1S/C14H18O2S2/c1-2-17-11-12-7-6-10-14(12)18(15,16)13-8-4-3-5-9-13/h3-5,8-9,11,14H,2,6-7,10H2,1H3/b12-11-. The van der Waals surface area contributed by atoms with Crippen LogP contribution in [0.3, 0.4) is 0 Å². The van der Waals surface area contributed by atoms with Gasteiger partial charge >= 0.3 is 0 Å². The van der Waals surface area contributed by atoms with Gasteiger partial charge in [-0.15, -0.1) is 11.8 Å². The minimum absolute atomic E-state index is 0.307. The van der Waals surface area contributed by atoms with Crippen LogP contribution in [0, 0.1) is 0 Å². The van der Waals surface area contributed by atoms with Gasteiger partial charge in [0.1, 0.15) is 0 Å². The maximum atomic E-state index is 12.6. The first kappa shape index (κ1) is 13.7. The van der Waals surface area contributed by atoms with Crippen molar-refractivity contribution >= 4 is 21.6 Å². The van der Waals surface area contributed by atoms with Crippen molar-refractivity contribution in [3.8, 4) is 0 Å². The molecule has 0 radical (unpaired) electrons. The summed E-state index contributed by atoms with van der Waals surface area (Å²) in [4.78, 5) is 0.448. The largest absolute Gasteiger partial charge is 0.223 e. The molecule has 0 aromatic heterocycles. The van der Waals surface area contributed by atoms with Gasteiger partial charge in [-0.25, -0.2) is 8.42 Å². The van der Waals surface area contributed by atoms with E-state index in [0.717, 1.165) is 30.6 Å². The summed E-state index contributed by atoms with van der Waals surface area (Å²) >= 11 is 1.69. The van der Waals surface area contributed by atoms with Gasteiger partial charge in [-0.3, -0.25) is 0 Å². The summed E-state index contributed by atoms with van der Waals surface area (Å²) in [5, 5.41) is 1.75. The fraction of sp³-hybridized carbons (Fsp3) is 0.429. The molecular formula is C14H18O2S2. The fourth-order valence-electron chi connectivity index (χ4n) is 2.29. The lowest BCUT2D eigenvalue weighted by Crippen LogP contribution is -2.19. The summed E-state index contributed by atoms with van der Waals surface area (Å²) in [7, 11) is -3.20. The Kier molecular flexibility index (Phi) is 4.51. The summed E-state index contributed by atoms with van der Waals surface area (Å²) in [6, 6.07) is 8.80. The topological polar surface area (TPSA) is 34.1 Å². The van der Waals surface area contributed by atoms with Crippen LogP contribution in [0.5, 0.6) is 0 Å². The third-order valence-electron chi connectivity index (χ3n) is 3.19. The zero-order valence-electron chi connectivity index (χ0n) is 10.5. The SMILES string of the molecule is CCS/C=C1/CCCC1S(=O)(=O)c1ccccc1. The average molecular weight is 282 g/mol. The lowest BCUT2D eigenvalue weighted by atomic mass is 10.3. The minimum Gasteiger partial charge on any atom is -0.223 e. The Bertz CT molecular complexity index is 518. The van der Waals surface area contributed by atoms with Gasteiger partial charge in [-0.1, -0.05) is 25.1 Å². The van der Waals surface area contributed by atoms with Gasteiger partial charge < -0.3 is 0 Å². The molecule has 1 aromatic carbocycles. The molecule has 2 nitrogen and oxygen atoms in total. The number of thioether (sulfide) groups is 1. The van der Waals surface area contributed by atoms with E-state index in [2.05, 4.69) is 12.3 Å². The Morgan fingerprint density at radius 3 is 2.72 bits per heavy atom. The zero-order chi connectivity index (χ0) is 13.0. The van der Waals surface area contributed by atoms with Gasteiger partial charge in [0.25, 0.3) is 0 Å². The summed E-state index contributed by atoms with van der Waals surface area (Å²) in [5.74, 6) is 0.988. The van der Waals surface area contributed by atoms with Crippen molar-refractivity contribution in [3.63, 3.8) is 0 Å². The van der Waals surface area contributed by atoms with Gasteiger partial charge in [-0.2, -0.15) is 0 Å². The van der Waals surface area contributed by atoms with E-state index < -0.39 is 9.84 Å². The van der Waals surface area contributed by atoms with Crippen LogP contribution >= 0.6 is 11.8 Å². The Balaban J connectivity index is 2.30. The summed E-state index contributed by atoms with van der Waals surface area (Å²) in [6.07, 6.45) is 2.66. The lowest BCUT2D eigenvalue weighted by Gasteiger charge is -2.13. The minimum atomic E-state index is -3.20. The molecule has 1 fully saturated rings. The van der Waals surface area contributed by atoms with E-state index in [1.54, 1.807) is 36.0 Å². The number of hydrogen-bond donors (Lipinski definition) is 0. The van der Waals surface area contributed by atoms with Gasteiger partial charge in [-0.05, 0) is 48.1 Å². The molecule has 0 bridgehead atoms. The van der Waals surface area contributed by atoms with Gasteiger partial charge in [0.2, 0.25) is 0 Å². The Morgan fingerprint density at radius 2 is 2.06 bits per heavy atom. The maximum absolute atomic E-state index is 12.6. The van der Waals surface area contributed by atoms with Crippen LogP contribution in [0.15, 0.2) is 46.2 Å². The van der Waals surface area contributed by atoms with Crippen molar-refractivity contribution < 1.29 is 8.42 Å². The first-order valence-corrected chi connectivity index (χ1v) is 8.85. The average Bonchev–Trinajstić information content (AvgIpc) is 2.86. The predicted molar refractivity (Wildman–Crippen MR) is 77.5 cm³/mol. The molecule has 1 unspecified atom stereocenters. The smallest absolute Gasteiger partial charge is 0.185 e. The second-order valence-electron chi connectivity index (χ2n) is 4.39. The highest BCUT2D eigenvalue weighted by Gasteiger charge is 2.33. The molecule has 0 spiro atoms. The van der Waals surface area contributed by atoms with Crippen LogP contribution in [-0.4, -0.2) is 19.4 Å². The Morgan fingerprint density at radius 1 is 1.33 bits per heavy atom. The van der Waals surface area contributed by atoms with E-state index in [1.165, 1.54) is 0 Å². The normalized spacial score (nSPS) is 22.5. The van der Waals surface area contributed by atoms with Crippen molar-refractivity contribution in [2.24, 2.45) is 0 Å². The Labute approximate surface area is 113 Å². The molecule has 1 aliphatic rings. The molecule has 2 rings (SSSR count). The third-order valence-corrected chi connectivity index (χ3v) is 6.21. The Hall–Kier alpha value is -0.740. The van der Waals surface area contributed by atoms with Crippen LogP contribution in [0.1, 0.15) is 26.2 Å². The lowest BCUT2D eigenvalue weighted by molar-refractivity contribution is 0.586. The monoisotopic (exact) mass is 282 g/mol. The fourth-order valence-corrected chi connectivity index (χ4v) is 4.97. The molecule has 0 N–H and O–H groups in total. The second kappa shape index (κ2) is 5.93. The number of rotatable bonds is 4. The third kappa shape index (κ3) is 2.81. The summed E-state index contributed by atoms with van der Waals surface area (Å²) < 4.78 is 25.1. The van der Waals surface area contributed by atoms with E-state index >= 15 is 0 Å². The number of hydrogen-bond acceptors (Lipinski definition) is 3.